The van der Waals surface area contributed by atoms with Crippen molar-refractivity contribution < 1.29 is 4.79 Å². The Balaban J connectivity index is 1.97. The fourth-order valence-electron chi connectivity index (χ4n) is 1.79. The monoisotopic (exact) mass is 334 g/mol. The number of aryl methyl sites for hydroxylation is 1. The Morgan fingerprint density at radius 1 is 1.50 bits per heavy atom. The summed E-state index contributed by atoms with van der Waals surface area (Å²) >= 11 is 3.39. The van der Waals surface area contributed by atoms with Gasteiger partial charge in [0, 0.05) is 17.6 Å². The van der Waals surface area contributed by atoms with Crippen LogP contribution in [0.1, 0.15) is 24.4 Å². The first-order valence-electron chi connectivity index (χ1n) is 6.14. The van der Waals surface area contributed by atoms with Crippen molar-refractivity contribution in [2.24, 2.45) is 7.05 Å². The molecule has 1 aromatic heterocycles. The topological polar surface area (TPSA) is 59.8 Å². The van der Waals surface area contributed by atoms with E-state index in [9.17, 15) is 4.79 Å². The molecule has 2 aromatic rings. The Hall–Kier alpha value is -1.95. The highest BCUT2D eigenvalue weighted by atomic mass is 79.9. The first-order chi connectivity index (χ1) is 9.56. The zero-order valence-corrected chi connectivity index (χ0v) is 12.8. The molecule has 1 heterocycles. The van der Waals surface area contributed by atoms with Gasteiger partial charge in [-0.25, -0.2) is 0 Å². The number of carbonyl (C=O) groups is 1. The van der Waals surface area contributed by atoms with E-state index >= 15 is 0 Å². The van der Waals surface area contributed by atoms with E-state index in [-0.39, 0.29) is 11.9 Å². The van der Waals surface area contributed by atoms with Crippen molar-refractivity contribution in [2.75, 3.05) is 0 Å². The number of nitrogens with zero attached hydrogens (tertiary/aromatic N) is 3. The Labute approximate surface area is 125 Å². The predicted octanol–water partition coefficient (Wildman–Crippen LogP) is 2.47. The van der Waals surface area contributed by atoms with Crippen LogP contribution in [0.5, 0.6) is 0 Å². The molecule has 104 valence electrons. The van der Waals surface area contributed by atoms with Crippen LogP contribution in [0.25, 0.3) is 6.08 Å². The number of amides is 1. The molecule has 0 aliphatic rings. The maximum Gasteiger partial charge on any atom is 0.244 e. The van der Waals surface area contributed by atoms with Crippen LogP contribution in [0.3, 0.4) is 0 Å². The van der Waals surface area contributed by atoms with Crippen molar-refractivity contribution in [1.29, 1.82) is 0 Å². The van der Waals surface area contributed by atoms with Crippen molar-refractivity contribution in [3.63, 3.8) is 0 Å². The second-order valence-electron chi connectivity index (χ2n) is 4.42. The zero-order valence-electron chi connectivity index (χ0n) is 11.2. The second-order valence-corrected chi connectivity index (χ2v) is 5.33. The average Bonchev–Trinajstić information content (AvgIpc) is 2.83. The molecule has 0 spiro atoms. The number of nitrogens with one attached hydrogen (secondary N) is 1. The molecule has 0 saturated carbocycles. The highest BCUT2D eigenvalue weighted by Crippen LogP contribution is 2.13. The van der Waals surface area contributed by atoms with E-state index in [1.54, 1.807) is 17.0 Å². The minimum Gasteiger partial charge on any atom is -0.343 e. The van der Waals surface area contributed by atoms with E-state index in [0.29, 0.717) is 5.82 Å². The third-order valence-corrected chi connectivity index (χ3v) is 3.26. The van der Waals surface area contributed by atoms with E-state index in [0.717, 1.165) is 10.0 Å². The summed E-state index contributed by atoms with van der Waals surface area (Å²) < 4.78 is 2.76. The standard InChI is InChI=1S/C14H15BrN4O/c1-10(14-18-16-9-19(14)2)17-13(20)7-6-11-4-3-5-12(15)8-11/h3-10H,1-2H3,(H,17,20)/b7-6+/t10-/m0/s1. The van der Waals surface area contributed by atoms with Gasteiger partial charge in [-0.1, -0.05) is 28.1 Å². The van der Waals surface area contributed by atoms with E-state index < -0.39 is 0 Å². The van der Waals surface area contributed by atoms with Crippen LogP contribution in [-0.2, 0) is 11.8 Å². The first-order valence-corrected chi connectivity index (χ1v) is 6.93. The average molecular weight is 335 g/mol. The van der Waals surface area contributed by atoms with Gasteiger partial charge < -0.3 is 9.88 Å². The highest BCUT2D eigenvalue weighted by Gasteiger charge is 2.12. The molecule has 0 aliphatic heterocycles. The van der Waals surface area contributed by atoms with Gasteiger partial charge in [0.15, 0.2) is 5.82 Å². The number of carbonyl (C=O) groups excluding carboxylic acids is 1. The molecular weight excluding hydrogens is 320 g/mol. The van der Waals surface area contributed by atoms with Crippen LogP contribution < -0.4 is 5.32 Å². The number of hydrogen-bond acceptors (Lipinski definition) is 3. The number of rotatable bonds is 4. The fraction of sp³-hybridized carbons (Fsp3) is 0.214. The van der Waals surface area contributed by atoms with Crippen molar-refractivity contribution in [3.8, 4) is 0 Å². The molecule has 0 fully saturated rings. The van der Waals surface area contributed by atoms with Gasteiger partial charge in [-0.2, -0.15) is 0 Å². The Morgan fingerprint density at radius 3 is 2.95 bits per heavy atom. The zero-order chi connectivity index (χ0) is 14.5. The number of benzene rings is 1. The van der Waals surface area contributed by atoms with Crippen LogP contribution in [0.15, 0.2) is 41.1 Å². The van der Waals surface area contributed by atoms with Crippen molar-refractivity contribution in [1.82, 2.24) is 20.1 Å². The Bertz CT molecular complexity index is 636. The van der Waals surface area contributed by atoms with E-state index in [4.69, 9.17) is 0 Å². The predicted molar refractivity (Wildman–Crippen MR) is 80.7 cm³/mol. The van der Waals surface area contributed by atoms with Crippen LogP contribution >= 0.6 is 15.9 Å². The van der Waals surface area contributed by atoms with Crippen molar-refractivity contribution >= 4 is 27.9 Å². The van der Waals surface area contributed by atoms with Gasteiger partial charge in [-0.05, 0) is 30.7 Å². The first kappa shape index (κ1) is 14.5. The lowest BCUT2D eigenvalue weighted by atomic mass is 10.2. The van der Waals surface area contributed by atoms with E-state index in [1.807, 2.05) is 38.2 Å². The molecule has 5 nitrogen and oxygen atoms in total. The third-order valence-electron chi connectivity index (χ3n) is 2.77. The molecule has 2 rings (SSSR count). The summed E-state index contributed by atoms with van der Waals surface area (Å²) in [4.78, 5) is 11.9. The quantitative estimate of drug-likeness (QED) is 0.874. The van der Waals surface area contributed by atoms with Gasteiger partial charge >= 0.3 is 0 Å². The summed E-state index contributed by atoms with van der Waals surface area (Å²) in [6.07, 6.45) is 4.88. The SMILES string of the molecule is C[C@H](NC(=O)/C=C/c1cccc(Br)c1)c1nncn1C. The molecule has 0 saturated heterocycles. The molecular formula is C14H15BrN4O. The van der Waals surface area contributed by atoms with Crippen LogP contribution in [0.2, 0.25) is 0 Å². The lowest BCUT2D eigenvalue weighted by molar-refractivity contribution is -0.117. The molecule has 0 radical (unpaired) electrons. The van der Waals surface area contributed by atoms with Gasteiger partial charge in [0.2, 0.25) is 5.91 Å². The minimum atomic E-state index is -0.192. The fourth-order valence-corrected chi connectivity index (χ4v) is 2.21. The van der Waals surface area contributed by atoms with E-state index in [2.05, 4.69) is 31.4 Å². The van der Waals surface area contributed by atoms with Gasteiger partial charge in [0.25, 0.3) is 0 Å². The summed E-state index contributed by atoms with van der Waals surface area (Å²) in [5.41, 5.74) is 0.959. The largest absolute Gasteiger partial charge is 0.343 e. The van der Waals surface area contributed by atoms with Gasteiger partial charge in [-0.3, -0.25) is 4.79 Å². The molecule has 1 amide bonds. The third kappa shape index (κ3) is 3.77. The van der Waals surface area contributed by atoms with Crippen LogP contribution in [-0.4, -0.2) is 20.7 Å². The van der Waals surface area contributed by atoms with Gasteiger partial charge in [0.1, 0.15) is 6.33 Å². The second kappa shape index (κ2) is 6.47. The van der Waals surface area contributed by atoms with Crippen LogP contribution in [0, 0.1) is 0 Å². The Kier molecular flexibility index (Phi) is 4.68. The summed E-state index contributed by atoms with van der Waals surface area (Å²) in [6, 6.07) is 7.54. The van der Waals surface area contributed by atoms with Crippen molar-refractivity contribution in [2.45, 2.75) is 13.0 Å². The lowest BCUT2D eigenvalue weighted by Crippen LogP contribution is -2.26. The molecule has 1 aromatic carbocycles. The Morgan fingerprint density at radius 2 is 2.30 bits per heavy atom. The van der Waals surface area contributed by atoms with Crippen LogP contribution in [0.4, 0.5) is 0 Å². The maximum atomic E-state index is 11.9. The minimum absolute atomic E-state index is 0.166. The van der Waals surface area contributed by atoms with Gasteiger partial charge in [-0.15, -0.1) is 10.2 Å². The summed E-state index contributed by atoms with van der Waals surface area (Å²) in [6.45, 7) is 1.87. The lowest BCUT2D eigenvalue weighted by Gasteiger charge is -2.11. The van der Waals surface area contributed by atoms with E-state index in [1.165, 1.54) is 6.08 Å². The normalized spacial score (nSPS) is 12.6. The molecule has 0 aliphatic carbocycles. The highest BCUT2D eigenvalue weighted by molar-refractivity contribution is 9.10. The summed E-state index contributed by atoms with van der Waals surface area (Å²) in [5.74, 6) is 0.551. The molecule has 0 bridgehead atoms. The number of halogens is 1. The van der Waals surface area contributed by atoms with Crippen molar-refractivity contribution in [3.05, 3.63) is 52.5 Å². The summed E-state index contributed by atoms with van der Waals surface area (Å²) in [5, 5.41) is 10.6. The van der Waals surface area contributed by atoms with Gasteiger partial charge in [0.05, 0.1) is 6.04 Å². The molecule has 1 N–H and O–H groups in total. The molecule has 20 heavy (non-hydrogen) atoms. The maximum absolute atomic E-state index is 11.9. The summed E-state index contributed by atoms with van der Waals surface area (Å²) in [7, 11) is 1.84. The molecule has 0 unspecified atom stereocenters. The molecule has 6 heteroatoms. The number of hydrogen-bond donors (Lipinski definition) is 1. The molecule has 1 atom stereocenters. The smallest absolute Gasteiger partial charge is 0.244 e. The number of aromatic nitrogens is 3.